The molecule has 0 aromatic heterocycles. The van der Waals surface area contributed by atoms with Crippen LogP contribution in [-0.2, 0) is 6.42 Å². The first kappa shape index (κ1) is 14.6. The van der Waals surface area contributed by atoms with Crippen molar-refractivity contribution in [3.63, 3.8) is 0 Å². The number of hydrogen-bond acceptors (Lipinski definition) is 1. The quantitative estimate of drug-likeness (QED) is 0.747. The monoisotopic (exact) mass is 390 g/mol. The lowest BCUT2D eigenvalue weighted by atomic mass is 10.0. The summed E-state index contributed by atoms with van der Waals surface area (Å²) >= 11 is 6.29. The lowest BCUT2D eigenvalue weighted by Crippen LogP contribution is -2.07. The van der Waals surface area contributed by atoms with Gasteiger partial charge in [0, 0.05) is 10.9 Å². The van der Waals surface area contributed by atoms with Crippen molar-refractivity contribution in [2.45, 2.75) is 12.5 Å². The van der Waals surface area contributed by atoms with Crippen molar-refractivity contribution < 1.29 is 13.9 Å². The highest BCUT2D eigenvalue weighted by molar-refractivity contribution is 9.10. The molecule has 2 aromatic carbocycles. The Morgan fingerprint density at radius 1 is 1.00 bits per heavy atom. The highest BCUT2D eigenvalue weighted by atomic mass is 79.9. The third-order valence-electron chi connectivity index (χ3n) is 2.75. The maximum Gasteiger partial charge on any atom is 0.146 e. The Balaban J connectivity index is 2.27. The van der Waals surface area contributed by atoms with Crippen LogP contribution in [0.5, 0.6) is 0 Å². The van der Waals surface area contributed by atoms with Crippen LogP contribution in [-0.4, -0.2) is 5.11 Å². The van der Waals surface area contributed by atoms with Crippen LogP contribution in [0.25, 0.3) is 0 Å². The summed E-state index contributed by atoms with van der Waals surface area (Å²) in [5.74, 6) is -1.50. The Bertz CT molecular complexity index is 585. The van der Waals surface area contributed by atoms with Crippen LogP contribution in [0.2, 0.25) is 0 Å². The second-order valence-electron chi connectivity index (χ2n) is 4.10. The molecule has 0 amide bonds. The lowest BCUT2D eigenvalue weighted by molar-refractivity contribution is 0.168. The molecule has 1 N–H and O–H groups in total. The number of benzene rings is 2. The van der Waals surface area contributed by atoms with E-state index in [1.54, 1.807) is 12.1 Å². The van der Waals surface area contributed by atoms with E-state index in [1.165, 1.54) is 6.07 Å². The van der Waals surface area contributed by atoms with Gasteiger partial charge < -0.3 is 5.11 Å². The van der Waals surface area contributed by atoms with Crippen molar-refractivity contribution in [3.05, 3.63) is 68.1 Å². The zero-order valence-corrected chi connectivity index (χ0v) is 12.9. The largest absolute Gasteiger partial charge is 0.388 e. The molecule has 0 saturated heterocycles. The maximum absolute atomic E-state index is 13.8. The first-order valence-corrected chi connectivity index (χ1v) is 7.13. The summed E-state index contributed by atoms with van der Waals surface area (Å²) in [6.07, 6.45) is -1.07. The van der Waals surface area contributed by atoms with Gasteiger partial charge in [0.2, 0.25) is 0 Å². The summed E-state index contributed by atoms with van der Waals surface area (Å²) < 4.78 is 28.5. The molecular formula is C14H10Br2F2O. The van der Waals surface area contributed by atoms with E-state index in [4.69, 9.17) is 0 Å². The van der Waals surface area contributed by atoms with E-state index >= 15 is 0 Å². The van der Waals surface area contributed by atoms with Gasteiger partial charge in [-0.05, 0) is 45.8 Å². The number of hydrogen-bond donors (Lipinski definition) is 1. The summed E-state index contributed by atoms with van der Waals surface area (Å²) in [4.78, 5) is 0. The zero-order chi connectivity index (χ0) is 14.0. The van der Waals surface area contributed by atoms with Gasteiger partial charge in [-0.2, -0.15) is 0 Å². The maximum atomic E-state index is 13.8. The van der Waals surface area contributed by atoms with Crippen molar-refractivity contribution in [2.75, 3.05) is 0 Å². The molecule has 19 heavy (non-hydrogen) atoms. The van der Waals surface area contributed by atoms with Crippen LogP contribution in [0.4, 0.5) is 8.78 Å². The zero-order valence-electron chi connectivity index (χ0n) is 9.71. The predicted molar refractivity (Wildman–Crippen MR) is 76.9 cm³/mol. The second-order valence-corrected chi connectivity index (χ2v) is 5.87. The SMILES string of the molecule is OC(Cc1ccc(Br)cc1)c1c(F)ccc(Br)c1F. The van der Waals surface area contributed by atoms with Crippen LogP contribution < -0.4 is 0 Å². The molecular weight excluding hydrogens is 382 g/mol. The van der Waals surface area contributed by atoms with Crippen LogP contribution in [0.3, 0.4) is 0 Å². The van der Waals surface area contributed by atoms with Crippen LogP contribution in [0.1, 0.15) is 17.2 Å². The predicted octanol–water partition coefficient (Wildman–Crippen LogP) is 4.77. The molecule has 2 rings (SSSR count). The molecule has 0 aliphatic carbocycles. The van der Waals surface area contributed by atoms with Gasteiger partial charge in [-0.25, -0.2) is 8.78 Å². The molecule has 0 aliphatic heterocycles. The Hall–Kier alpha value is -0.780. The summed E-state index contributed by atoms with van der Waals surface area (Å²) in [5, 5.41) is 10.0. The minimum Gasteiger partial charge on any atom is -0.388 e. The number of halogens is 4. The van der Waals surface area contributed by atoms with E-state index in [0.717, 1.165) is 16.1 Å². The Kier molecular flexibility index (Phi) is 4.71. The van der Waals surface area contributed by atoms with Gasteiger partial charge in [0.25, 0.3) is 0 Å². The molecule has 100 valence electrons. The summed E-state index contributed by atoms with van der Waals surface area (Å²) in [5.41, 5.74) is 0.492. The number of aliphatic hydroxyl groups excluding tert-OH is 1. The fourth-order valence-electron chi connectivity index (χ4n) is 1.79. The standard InChI is InChI=1S/C14H10Br2F2O/c15-9-3-1-8(2-4-9)7-12(19)13-11(17)6-5-10(16)14(13)18/h1-6,12,19H,7H2. The minimum atomic E-state index is -1.22. The molecule has 1 nitrogen and oxygen atoms in total. The Morgan fingerprint density at radius 2 is 1.63 bits per heavy atom. The van der Waals surface area contributed by atoms with Gasteiger partial charge >= 0.3 is 0 Å². The van der Waals surface area contributed by atoms with Crippen LogP contribution >= 0.6 is 31.9 Å². The van der Waals surface area contributed by atoms with E-state index in [1.807, 2.05) is 12.1 Å². The van der Waals surface area contributed by atoms with E-state index in [0.29, 0.717) is 0 Å². The van der Waals surface area contributed by atoms with Gasteiger partial charge in [-0.15, -0.1) is 0 Å². The Morgan fingerprint density at radius 3 is 2.26 bits per heavy atom. The fourth-order valence-corrected chi connectivity index (χ4v) is 2.40. The van der Waals surface area contributed by atoms with Gasteiger partial charge in [0.1, 0.15) is 11.6 Å². The van der Waals surface area contributed by atoms with Crippen LogP contribution in [0, 0.1) is 11.6 Å². The van der Waals surface area contributed by atoms with E-state index < -0.39 is 17.7 Å². The van der Waals surface area contributed by atoms with Gasteiger partial charge in [-0.1, -0.05) is 28.1 Å². The molecule has 0 bridgehead atoms. The third-order valence-corrected chi connectivity index (χ3v) is 3.90. The van der Waals surface area contributed by atoms with E-state index in [9.17, 15) is 13.9 Å². The number of aliphatic hydroxyl groups is 1. The van der Waals surface area contributed by atoms with Crippen LogP contribution in [0.15, 0.2) is 45.3 Å². The first-order valence-electron chi connectivity index (χ1n) is 5.55. The molecule has 1 atom stereocenters. The highest BCUT2D eigenvalue weighted by Crippen LogP contribution is 2.29. The lowest BCUT2D eigenvalue weighted by Gasteiger charge is -2.14. The molecule has 0 heterocycles. The fraction of sp³-hybridized carbons (Fsp3) is 0.143. The van der Waals surface area contributed by atoms with E-state index in [-0.39, 0.29) is 16.5 Å². The highest BCUT2D eigenvalue weighted by Gasteiger charge is 2.20. The van der Waals surface area contributed by atoms with Gasteiger partial charge in [0.15, 0.2) is 0 Å². The first-order chi connectivity index (χ1) is 8.99. The molecule has 0 fully saturated rings. The second kappa shape index (κ2) is 6.11. The molecule has 0 saturated carbocycles. The van der Waals surface area contributed by atoms with Gasteiger partial charge in [-0.3, -0.25) is 0 Å². The Labute approximate surface area is 126 Å². The molecule has 0 radical (unpaired) electrons. The van der Waals surface area contributed by atoms with Crippen molar-refractivity contribution in [1.82, 2.24) is 0 Å². The van der Waals surface area contributed by atoms with Gasteiger partial charge in [0.05, 0.1) is 16.1 Å². The van der Waals surface area contributed by atoms with Crippen molar-refractivity contribution in [3.8, 4) is 0 Å². The normalized spacial score (nSPS) is 12.5. The smallest absolute Gasteiger partial charge is 0.146 e. The molecule has 0 aliphatic rings. The average molecular weight is 392 g/mol. The molecule has 1 unspecified atom stereocenters. The summed E-state index contributed by atoms with van der Waals surface area (Å²) in [6, 6.07) is 9.63. The molecule has 5 heteroatoms. The van der Waals surface area contributed by atoms with E-state index in [2.05, 4.69) is 31.9 Å². The molecule has 2 aromatic rings. The third kappa shape index (κ3) is 3.41. The summed E-state index contributed by atoms with van der Waals surface area (Å²) in [7, 11) is 0. The minimum absolute atomic E-state index is 0.138. The summed E-state index contributed by atoms with van der Waals surface area (Å²) in [6.45, 7) is 0. The average Bonchev–Trinajstić information content (AvgIpc) is 2.37. The molecule has 0 spiro atoms. The van der Waals surface area contributed by atoms with Crippen molar-refractivity contribution in [2.24, 2.45) is 0 Å². The number of rotatable bonds is 3. The van der Waals surface area contributed by atoms with Crippen molar-refractivity contribution >= 4 is 31.9 Å². The topological polar surface area (TPSA) is 20.2 Å². The van der Waals surface area contributed by atoms with Crippen molar-refractivity contribution in [1.29, 1.82) is 0 Å².